The average molecular weight is 237 g/mol. The molecule has 1 aromatic rings. The Labute approximate surface area is 99.4 Å². The summed E-state index contributed by atoms with van der Waals surface area (Å²) < 4.78 is 0. The lowest BCUT2D eigenvalue weighted by molar-refractivity contribution is -0.130. The van der Waals surface area contributed by atoms with Crippen molar-refractivity contribution in [3.63, 3.8) is 0 Å². The molecular weight excluding hydrogens is 224 g/mol. The van der Waals surface area contributed by atoms with Crippen LogP contribution in [-0.4, -0.2) is 23.9 Å². The van der Waals surface area contributed by atoms with Crippen molar-refractivity contribution in [2.24, 2.45) is 0 Å². The van der Waals surface area contributed by atoms with Gasteiger partial charge in [0.15, 0.2) is 0 Å². The highest BCUT2D eigenvalue weighted by molar-refractivity contribution is 6.30. The van der Waals surface area contributed by atoms with E-state index in [1.807, 2.05) is 29.2 Å². The highest BCUT2D eigenvalue weighted by Gasteiger charge is 2.49. The average Bonchev–Trinajstić information content (AvgIpc) is 2.82. The predicted molar refractivity (Wildman–Crippen MR) is 62.1 cm³/mol. The van der Waals surface area contributed by atoms with Gasteiger partial charge in [-0.3, -0.25) is 10.1 Å². The molecule has 2 heterocycles. The summed E-state index contributed by atoms with van der Waals surface area (Å²) >= 11 is 5.89. The fraction of sp³-hybridized carbons (Fsp3) is 0.417. The Bertz CT molecular complexity index is 431. The van der Waals surface area contributed by atoms with Gasteiger partial charge in [-0.05, 0) is 24.1 Å². The number of hydrogen-bond acceptors (Lipinski definition) is 2. The topological polar surface area (TPSA) is 32.3 Å². The van der Waals surface area contributed by atoms with E-state index in [1.165, 1.54) is 0 Å². The van der Waals surface area contributed by atoms with Gasteiger partial charge in [-0.25, -0.2) is 0 Å². The van der Waals surface area contributed by atoms with Crippen LogP contribution in [0.5, 0.6) is 0 Å². The highest BCUT2D eigenvalue weighted by Crippen LogP contribution is 2.39. The maximum absolute atomic E-state index is 11.8. The Kier molecular flexibility index (Phi) is 2.19. The molecule has 1 amide bonds. The number of hydrogen-bond donors (Lipinski definition) is 1. The molecule has 1 N–H and O–H groups in total. The molecular formula is C12H13ClN2O. The number of amides is 1. The molecule has 0 aromatic heterocycles. The molecule has 2 saturated heterocycles. The van der Waals surface area contributed by atoms with Crippen molar-refractivity contribution in [1.29, 1.82) is 0 Å². The molecule has 4 heteroatoms. The molecule has 2 aliphatic rings. The Hall–Kier alpha value is -1.06. The van der Waals surface area contributed by atoms with E-state index in [0.717, 1.165) is 30.1 Å². The van der Waals surface area contributed by atoms with E-state index in [0.29, 0.717) is 6.42 Å². The lowest BCUT2D eigenvalue weighted by atomic mass is 9.97. The third kappa shape index (κ3) is 1.28. The number of benzene rings is 1. The fourth-order valence-corrected chi connectivity index (χ4v) is 2.90. The van der Waals surface area contributed by atoms with Gasteiger partial charge in [-0.1, -0.05) is 23.7 Å². The minimum Gasteiger partial charge on any atom is -0.319 e. The third-order valence-electron chi connectivity index (χ3n) is 3.54. The van der Waals surface area contributed by atoms with Crippen molar-refractivity contribution in [1.82, 2.24) is 10.2 Å². The van der Waals surface area contributed by atoms with Crippen LogP contribution in [0.15, 0.2) is 24.3 Å². The smallest absolute Gasteiger partial charge is 0.224 e. The van der Waals surface area contributed by atoms with E-state index in [-0.39, 0.29) is 11.6 Å². The van der Waals surface area contributed by atoms with E-state index in [9.17, 15) is 4.79 Å². The van der Waals surface area contributed by atoms with Crippen LogP contribution in [0.3, 0.4) is 0 Å². The van der Waals surface area contributed by atoms with Crippen LogP contribution in [0.1, 0.15) is 18.4 Å². The van der Waals surface area contributed by atoms with Gasteiger partial charge in [-0.15, -0.1) is 0 Å². The predicted octanol–water partition coefficient (Wildman–Crippen LogP) is 1.72. The van der Waals surface area contributed by atoms with Crippen molar-refractivity contribution in [2.75, 3.05) is 13.1 Å². The van der Waals surface area contributed by atoms with Gasteiger partial charge in [0.05, 0.1) is 0 Å². The monoisotopic (exact) mass is 236 g/mol. The van der Waals surface area contributed by atoms with Crippen molar-refractivity contribution in [3.8, 4) is 0 Å². The zero-order valence-electron chi connectivity index (χ0n) is 8.87. The third-order valence-corrected chi connectivity index (χ3v) is 3.79. The summed E-state index contributed by atoms with van der Waals surface area (Å²) in [5, 5.41) is 4.19. The van der Waals surface area contributed by atoms with Gasteiger partial charge in [0.2, 0.25) is 5.91 Å². The molecule has 0 spiro atoms. The van der Waals surface area contributed by atoms with Crippen LogP contribution in [0.25, 0.3) is 0 Å². The molecule has 1 atom stereocenters. The van der Waals surface area contributed by atoms with Crippen LogP contribution in [0.4, 0.5) is 0 Å². The summed E-state index contributed by atoms with van der Waals surface area (Å²) in [7, 11) is 0. The second kappa shape index (κ2) is 3.47. The fourth-order valence-electron chi connectivity index (χ4n) is 2.77. The molecule has 2 fully saturated rings. The standard InChI is InChI=1S/C12H13ClN2O/c13-10-3-1-9(2-4-10)12-6-5-11(16)15(12)8-7-14-12/h1-4,14H,5-8H2/t12-/m0/s1. The molecule has 84 valence electrons. The van der Waals surface area contributed by atoms with Crippen molar-refractivity contribution in [2.45, 2.75) is 18.5 Å². The van der Waals surface area contributed by atoms with Gasteiger partial charge in [0.1, 0.15) is 5.66 Å². The number of carbonyl (C=O) groups is 1. The zero-order chi connectivity index (χ0) is 11.2. The number of fused-ring (bicyclic) bond motifs is 1. The Morgan fingerprint density at radius 1 is 1.31 bits per heavy atom. The summed E-state index contributed by atoms with van der Waals surface area (Å²) in [5.74, 6) is 0.250. The first-order valence-corrected chi connectivity index (χ1v) is 5.92. The number of carbonyl (C=O) groups excluding carboxylic acids is 1. The van der Waals surface area contributed by atoms with E-state index >= 15 is 0 Å². The molecule has 0 unspecified atom stereocenters. The second-order valence-corrected chi connectivity index (χ2v) is 4.78. The molecule has 3 nitrogen and oxygen atoms in total. The number of rotatable bonds is 1. The lowest BCUT2D eigenvalue weighted by Gasteiger charge is -2.32. The first-order chi connectivity index (χ1) is 7.72. The Balaban J connectivity index is 2.04. The molecule has 16 heavy (non-hydrogen) atoms. The van der Waals surface area contributed by atoms with Crippen molar-refractivity contribution < 1.29 is 4.79 Å². The first kappa shape index (κ1) is 10.1. The van der Waals surface area contributed by atoms with E-state index < -0.39 is 0 Å². The number of nitrogens with one attached hydrogen (secondary N) is 1. The Morgan fingerprint density at radius 2 is 2.06 bits per heavy atom. The minimum absolute atomic E-state index is 0.250. The molecule has 0 radical (unpaired) electrons. The molecule has 0 saturated carbocycles. The largest absolute Gasteiger partial charge is 0.319 e. The molecule has 2 aliphatic heterocycles. The normalized spacial score (nSPS) is 28.6. The van der Waals surface area contributed by atoms with Gasteiger partial charge in [-0.2, -0.15) is 0 Å². The quantitative estimate of drug-likeness (QED) is 0.805. The number of nitrogens with zero attached hydrogens (tertiary/aromatic N) is 1. The summed E-state index contributed by atoms with van der Waals surface area (Å²) in [6, 6.07) is 7.78. The molecule has 1 aromatic carbocycles. The SMILES string of the molecule is O=C1CC[C@]2(c3ccc(Cl)cc3)NCCN12. The molecule has 0 aliphatic carbocycles. The summed E-state index contributed by atoms with van der Waals surface area (Å²) in [5.41, 5.74) is 0.877. The van der Waals surface area contributed by atoms with Crippen LogP contribution < -0.4 is 5.32 Å². The van der Waals surface area contributed by atoms with E-state index in [2.05, 4.69) is 5.32 Å². The highest BCUT2D eigenvalue weighted by atomic mass is 35.5. The maximum atomic E-state index is 11.8. The van der Waals surface area contributed by atoms with E-state index in [1.54, 1.807) is 0 Å². The van der Waals surface area contributed by atoms with Gasteiger partial charge in [0, 0.05) is 24.5 Å². The Morgan fingerprint density at radius 3 is 2.81 bits per heavy atom. The lowest BCUT2D eigenvalue weighted by Crippen LogP contribution is -2.45. The molecule has 3 rings (SSSR count). The van der Waals surface area contributed by atoms with Gasteiger partial charge < -0.3 is 4.90 Å². The van der Waals surface area contributed by atoms with Gasteiger partial charge >= 0.3 is 0 Å². The summed E-state index contributed by atoms with van der Waals surface area (Å²) in [4.78, 5) is 13.7. The second-order valence-electron chi connectivity index (χ2n) is 4.34. The van der Waals surface area contributed by atoms with Crippen molar-refractivity contribution in [3.05, 3.63) is 34.9 Å². The van der Waals surface area contributed by atoms with E-state index in [4.69, 9.17) is 11.6 Å². The first-order valence-electron chi connectivity index (χ1n) is 5.54. The van der Waals surface area contributed by atoms with Gasteiger partial charge in [0.25, 0.3) is 0 Å². The van der Waals surface area contributed by atoms with Crippen LogP contribution in [-0.2, 0) is 10.5 Å². The summed E-state index contributed by atoms with van der Waals surface area (Å²) in [6.45, 7) is 1.68. The van der Waals surface area contributed by atoms with Crippen LogP contribution >= 0.6 is 11.6 Å². The summed E-state index contributed by atoms with van der Waals surface area (Å²) in [6.07, 6.45) is 1.49. The van der Waals surface area contributed by atoms with Crippen LogP contribution in [0.2, 0.25) is 5.02 Å². The van der Waals surface area contributed by atoms with Crippen LogP contribution in [0, 0.1) is 0 Å². The molecule has 0 bridgehead atoms. The minimum atomic E-state index is -0.262. The maximum Gasteiger partial charge on any atom is 0.224 e. The zero-order valence-corrected chi connectivity index (χ0v) is 9.63. The van der Waals surface area contributed by atoms with Crippen molar-refractivity contribution >= 4 is 17.5 Å². The number of halogens is 1.